The molecule has 312 valence electrons. The Morgan fingerprint density at radius 3 is 1.67 bits per heavy atom. The quantitative estimate of drug-likeness (QED) is 0.0851. The fraction of sp³-hybridized carbons (Fsp3) is 0.161. The van der Waals surface area contributed by atoms with Crippen LogP contribution in [0.4, 0.5) is 0 Å². The van der Waals surface area contributed by atoms with Gasteiger partial charge in [-0.2, -0.15) is 0 Å². The second kappa shape index (κ2) is 19.9. The van der Waals surface area contributed by atoms with Crippen LogP contribution in [0.15, 0.2) is 212 Å². The lowest BCUT2D eigenvalue weighted by Crippen LogP contribution is -2.31. The summed E-state index contributed by atoms with van der Waals surface area (Å²) in [6.07, 6.45) is 31.9. The molecule has 0 bridgehead atoms. The fourth-order valence-electron chi connectivity index (χ4n) is 9.56. The van der Waals surface area contributed by atoms with Gasteiger partial charge < -0.3 is 5.32 Å². The Labute approximate surface area is 375 Å². The van der Waals surface area contributed by atoms with Crippen molar-refractivity contribution < 1.29 is 0 Å². The van der Waals surface area contributed by atoms with Gasteiger partial charge in [-0.25, -0.2) is 0 Å². The van der Waals surface area contributed by atoms with Gasteiger partial charge in [-0.05, 0) is 147 Å². The molecule has 1 nitrogen and oxygen atoms in total. The number of benzene rings is 7. The first-order valence-corrected chi connectivity index (χ1v) is 22.6. The minimum Gasteiger partial charge on any atom is -0.305 e. The predicted octanol–water partition coefficient (Wildman–Crippen LogP) is 16.9. The van der Waals surface area contributed by atoms with E-state index in [2.05, 4.69) is 235 Å². The molecular weight excluding hydrogens is 759 g/mol. The van der Waals surface area contributed by atoms with Crippen molar-refractivity contribution in [3.05, 3.63) is 235 Å². The predicted molar refractivity (Wildman–Crippen MR) is 279 cm³/mol. The summed E-state index contributed by atoms with van der Waals surface area (Å²) in [5.74, 6) is 0. The monoisotopic (exact) mass is 817 g/mol. The first-order valence-electron chi connectivity index (χ1n) is 22.6. The highest BCUT2D eigenvalue weighted by molar-refractivity contribution is 6.20. The van der Waals surface area contributed by atoms with Gasteiger partial charge in [0.25, 0.3) is 0 Å². The number of hydrogen-bond acceptors (Lipinski definition) is 1. The average Bonchev–Trinajstić information content (AvgIpc) is 3.31. The van der Waals surface area contributed by atoms with Crippen LogP contribution in [0.2, 0.25) is 0 Å². The first-order chi connectivity index (χ1) is 30.9. The Balaban J connectivity index is 1.23. The summed E-state index contributed by atoms with van der Waals surface area (Å²) in [6, 6.07) is 45.4. The van der Waals surface area contributed by atoms with Crippen LogP contribution in [0.3, 0.4) is 0 Å². The van der Waals surface area contributed by atoms with Crippen LogP contribution in [0.1, 0.15) is 69.7 Å². The second-order valence-corrected chi connectivity index (χ2v) is 16.7. The Kier molecular flexibility index (Phi) is 13.6. The van der Waals surface area contributed by atoms with Gasteiger partial charge in [0.15, 0.2) is 0 Å². The van der Waals surface area contributed by atoms with Crippen molar-refractivity contribution in [1.82, 2.24) is 5.32 Å². The normalized spacial score (nSPS) is 15.1. The van der Waals surface area contributed by atoms with E-state index in [4.69, 9.17) is 0 Å². The highest BCUT2D eigenvalue weighted by atomic mass is 14.9. The van der Waals surface area contributed by atoms with E-state index in [-0.39, 0.29) is 12.1 Å². The molecular formula is C62H59N. The standard InChI is InChI=1S/C62H59N/c1-7-10-23-47(9-3)59-51-26-14-16-28-53(51)62(54-29-17-15-27-52(54)59)50-40-36-46(37-41-50)35-39-49(38-34-44(5)63-45(6)42-43(4)22-8-2)61-57-32-20-18-30-55(57)60(48-24-12-11-13-25-48)56-31-19-21-33-58(56)61/h7-10,12,14-34,36-42,44-45,63H,1,11,13,35H2,2-6H3/b22-8-,23-10-,38-34-,43-42+,47-9+,49-39+. The molecule has 0 heterocycles. The van der Waals surface area contributed by atoms with Crippen molar-refractivity contribution in [2.75, 3.05) is 0 Å². The van der Waals surface area contributed by atoms with Crippen molar-refractivity contribution in [3.8, 4) is 11.1 Å². The van der Waals surface area contributed by atoms with Crippen LogP contribution in [0.25, 0.3) is 70.9 Å². The minimum absolute atomic E-state index is 0.157. The third kappa shape index (κ3) is 9.22. The average molecular weight is 818 g/mol. The molecule has 63 heavy (non-hydrogen) atoms. The molecule has 0 radical (unpaired) electrons. The maximum Gasteiger partial charge on any atom is 0.0232 e. The van der Waals surface area contributed by atoms with Crippen LogP contribution in [0.5, 0.6) is 0 Å². The van der Waals surface area contributed by atoms with Crippen LogP contribution in [-0.2, 0) is 6.42 Å². The lowest BCUT2D eigenvalue weighted by Gasteiger charge is -2.20. The topological polar surface area (TPSA) is 12.0 Å². The van der Waals surface area contributed by atoms with Crippen LogP contribution >= 0.6 is 0 Å². The molecule has 1 aliphatic carbocycles. The van der Waals surface area contributed by atoms with Crippen molar-refractivity contribution in [3.63, 3.8) is 0 Å². The SMILES string of the molecule is C=C/C=C\C(=C/C)c1c2ccccc2c(-c2ccc(C/C=C(\C=C/C(C)NC(C)/C=C(C)/C=C\C)c3c4ccccc4c(C4=CCCC=C4)c4ccccc34)cc2)c2ccccc12. The van der Waals surface area contributed by atoms with Gasteiger partial charge in [0, 0.05) is 12.1 Å². The Morgan fingerprint density at radius 2 is 1.16 bits per heavy atom. The molecule has 0 aliphatic heterocycles. The summed E-state index contributed by atoms with van der Waals surface area (Å²) >= 11 is 0. The molecule has 0 fully saturated rings. The highest BCUT2D eigenvalue weighted by Gasteiger charge is 2.19. The molecule has 2 unspecified atom stereocenters. The lowest BCUT2D eigenvalue weighted by atomic mass is 9.84. The third-order valence-corrected chi connectivity index (χ3v) is 12.3. The molecule has 0 aromatic heterocycles. The van der Waals surface area contributed by atoms with Crippen molar-refractivity contribution in [2.24, 2.45) is 0 Å². The van der Waals surface area contributed by atoms with Crippen LogP contribution in [-0.4, -0.2) is 12.1 Å². The summed E-state index contributed by atoms with van der Waals surface area (Å²) in [7, 11) is 0. The number of nitrogens with one attached hydrogen (secondary N) is 1. The highest BCUT2D eigenvalue weighted by Crippen LogP contribution is 2.44. The second-order valence-electron chi connectivity index (χ2n) is 16.7. The number of allylic oxidation sites excluding steroid dienone is 15. The van der Waals surface area contributed by atoms with Crippen molar-refractivity contribution in [2.45, 2.75) is 66.0 Å². The van der Waals surface area contributed by atoms with E-state index in [1.54, 1.807) is 0 Å². The van der Waals surface area contributed by atoms with E-state index >= 15 is 0 Å². The van der Waals surface area contributed by atoms with Gasteiger partial charge in [-0.1, -0.05) is 212 Å². The lowest BCUT2D eigenvalue weighted by molar-refractivity contribution is 0.584. The van der Waals surface area contributed by atoms with Gasteiger partial charge in [0.2, 0.25) is 0 Å². The molecule has 1 aliphatic rings. The Bertz CT molecular complexity index is 2950. The Morgan fingerprint density at radius 1 is 0.619 bits per heavy atom. The maximum atomic E-state index is 3.93. The summed E-state index contributed by atoms with van der Waals surface area (Å²) in [5.41, 5.74) is 12.6. The van der Waals surface area contributed by atoms with E-state index in [0.717, 1.165) is 19.3 Å². The van der Waals surface area contributed by atoms with E-state index in [1.807, 2.05) is 12.2 Å². The van der Waals surface area contributed by atoms with Gasteiger partial charge >= 0.3 is 0 Å². The van der Waals surface area contributed by atoms with Gasteiger partial charge in [-0.15, -0.1) is 0 Å². The molecule has 0 saturated carbocycles. The van der Waals surface area contributed by atoms with Crippen LogP contribution in [0, 0.1) is 0 Å². The zero-order valence-electron chi connectivity index (χ0n) is 37.5. The summed E-state index contributed by atoms with van der Waals surface area (Å²) in [5, 5.41) is 13.9. The first kappa shape index (κ1) is 42.9. The summed E-state index contributed by atoms with van der Waals surface area (Å²) in [6.45, 7) is 14.8. The molecule has 7 aromatic rings. The van der Waals surface area contributed by atoms with Gasteiger partial charge in [0.1, 0.15) is 0 Å². The van der Waals surface area contributed by atoms with E-state index in [0.29, 0.717) is 0 Å². The molecule has 7 aromatic carbocycles. The van der Waals surface area contributed by atoms with Crippen molar-refractivity contribution >= 4 is 59.8 Å². The zero-order chi connectivity index (χ0) is 43.7. The van der Waals surface area contributed by atoms with E-state index in [9.17, 15) is 0 Å². The summed E-state index contributed by atoms with van der Waals surface area (Å²) in [4.78, 5) is 0. The fourth-order valence-corrected chi connectivity index (χ4v) is 9.56. The number of hydrogen-bond donors (Lipinski definition) is 1. The van der Waals surface area contributed by atoms with Crippen molar-refractivity contribution in [1.29, 1.82) is 0 Å². The largest absolute Gasteiger partial charge is 0.305 e. The molecule has 0 saturated heterocycles. The maximum absolute atomic E-state index is 3.93. The molecule has 8 rings (SSSR count). The molecule has 0 amide bonds. The minimum atomic E-state index is 0.157. The van der Waals surface area contributed by atoms with E-state index < -0.39 is 0 Å². The van der Waals surface area contributed by atoms with Crippen LogP contribution < -0.4 is 5.32 Å². The van der Waals surface area contributed by atoms with Gasteiger partial charge in [-0.3, -0.25) is 0 Å². The third-order valence-electron chi connectivity index (χ3n) is 12.3. The van der Waals surface area contributed by atoms with E-state index in [1.165, 1.54) is 98.8 Å². The molecule has 0 spiro atoms. The zero-order valence-corrected chi connectivity index (χ0v) is 37.5. The summed E-state index contributed by atoms with van der Waals surface area (Å²) < 4.78 is 0. The number of rotatable bonds is 14. The van der Waals surface area contributed by atoms with Gasteiger partial charge in [0.05, 0.1) is 0 Å². The molecule has 1 N–H and O–H groups in total. The number of fused-ring (bicyclic) bond motifs is 4. The molecule has 2 atom stereocenters. The smallest absolute Gasteiger partial charge is 0.0232 e. The Hall–Kier alpha value is -6.80. The molecule has 1 heteroatoms.